The summed E-state index contributed by atoms with van der Waals surface area (Å²) in [6.45, 7) is 0. The molecule has 0 bridgehead atoms. The molecule has 0 amide bonds. The molecule has 0 aromatic rings. The van der Waals surface area contributed by atoms with Gasteiger partial charge < -0.3 is 5.11 Å². The Balaban J connectivity index is 2.00. The van der Waals surface area contributed by atoms with Crippen molar-refractivity contribution in [3.05, 3.63) is 0 Å². The quantitative estimate of drug-likeness (QED) is 0.698. The maximum Gasteiger partial charge on any atom is 0.136 e. The second kappa shape index (κ2) is 4.43. The van der Waals surface area contributed by atoms with Gasteiger partial charge in [0.1, 0.15) is 5.78 Å². The molecule has 2 rings (SSSR count). The Morgan fingerprint density at radius 3 is 2.43 bits per heavy atom. The number of hydrogen-bond acceptors (Lipinski definition) is 2. The Labute approximate surface area is 85.7 Å². The van der Waals surface area contributed by atoms with Crippen molar-refractivity contribution >= 4 is 5.78 Å². The van der Waals surface area contributed by atoms with Crippen LogP contribution in [0.1, 0.15) is 51.4 Å². The highest BCUT2D eigenvalue weighted by atomic mass is 16.3. The van der Waals surface area contributed by atoms with Gasteiger partial charge in [-0.2, -0.15) is 0 Å². The Morgan fingerprint density at radius 2 is 1.71 bits per heavy atom. The molecule has 0 radical (unpaired) electrons. The normalized spacial score (nSPS) is 39.8. The summed E-state index contributed by atoms with van der Waals surface area (Å²) in [6, 6.07) is 0. The predicted octanol–water partition coefficient (Wildman–Crippen LogP) is 2.30. The van der Waals surface area contributed by atoms with E-state index in [4.69, 9.17) is 0 Å². The van der Waals surface area contributed by atoms with Crippen molar-refractivity contribution in [1.29, 1.82) is 0 Å². The van der Waals surface area contributed by atoms with Crippen molar-refractivity contribution in [1.82, 2.24) is 0 Å². The van der Waals surface area contributed by atoms with E-state index < -0.39 is 0 Å². The van der Waals surface area contributed by atoms with Gasteiger partial charge in [0.15, 0.2) is 0 Å². The lowest BCUT2D eigenvalue weighted by molar-refractivity contribution is -0.129. The molecule has 0 aromatic heterocycles. The summed E-state index contributed by atoms with van der Waals surface area (Å²) >= 11 is 0. The van der Waals surface area contributed by atoms with Gasteiger partial charge in [-0.05, 0) is 31.6 Å². The van der Waals surface area contributed by atoms with E-state index in [-0.39, 0.29) is 17.9 Å². The van der Waals surface area contributed by atoms with Crippen molar-refractivity contribution in [2.75, 3.05) is 0 Å². The molecule has 2 fully saturated rings. The summed E-state index contributed by atoms with van der Waals surface area (Å²) in [5, 5.41) is 9.89. The monoisotopic (exact) mass is 196 g/mol. The fourth-order valence-corrected chi connectivity index (χ4v) is 3.07. The molecule has 3 atom stereocenters. The molecule has 0 aromatic carbocycles. The van der Waals surface area contributed by atoms with E-state index in [0.717, 1.165) is 38.5 Å². The third-order valence-corrected chi connectivity index (χ3v) is 3.90. The van der Waals surface area contributed by atoms with E-state index in [9.17, 15) is 9.90 Å². The molecular weight excluding hydrogens is 176 g/mol. The van der Waals surface area contributed by atoms with E-state index >= 15 is 0 Å². The van der Waals surface area contributed by atoms with Crippen LogP contribution in [0.4, 0.5) is 0 Å². The summed E-state index contributed by atoms with van der Waals surface area (Å²) < 4.78 is 0. The Kier molecular flexibility index (Phi) is 3.22. The highest BCUT2D eigenvalue weighted by Crippen LogP contribution is 2.36. The first-order valence-corrected chi connectivity index (χ1v) is 6.00. The van der Waals surface area contributed by atoms with Crippen molar-refractivity contribution in [3.8, 4) is 0 Å². The fraction of sp³-hybridized carbons (Fsp3) is 0.917. The molecule has 0 spiro atoms. The average molecular weight is 196 g/mol. The highest BCUT2D eigenvalue weighted by molar-refractivity contribution is 5.82. The van der Waals surface area contributed by atoms with Crippen LogP contribution < -0.4 is 0 Å². The van der Waals surface area contributed by atoms with Gasteiger partial charge in [0.2, 0.25) is 0 Å². The zero-order valence-corrected chi connectivity index (χ0v) is 8.74. The number of Topliss-reactive ketones (excluding diaryl/α,β-unsaturated/α-hetero) is 1. The molecule has 0 saturated heterocycles. The minimum atomic E-state index is -0.198. The van der Waals surface area contributed by atoms with Crippen LogP contribution in [-0.2, 0) is 4.79 Å². The molecule has 80 valence electrons. The second-order valence-electron chi connectivity index (χ2n) is 4.83. The summed E-state index contributed by atoms with van der Waals surface area (Å²) in [4.78, 5) is 11.7. The first kappa shape index (κ1) is 10.2. The fourth-order valence-electron chi connectivity index (χ4n) is 3.07. The van der Waals surface area contributed by atoms with Crippen LogP contribution in [0, 0.1) is 11.8 Å². The van der Waals surface area contributed by atoms with E-state index in [1.54, 1.807) is 0 Å². The second-order valence-corrected chi connectivity index (χ2v) is 4.83. The number of carbonyl (C=O) groups is 1. The van der Waals surface area contributed by atoms with Gasteiger partial charge in [-0.3, -0.25) is 4.79 Å². The topological polar surface area (TPSA) is 37.3 Å². The Morgan fingerprint density at radius 1 is 1.00 bits per heavy atom. The molecule has 2 nitrogen and oxygen atoms in total. The van der Waals surface area contributed by atoms with E-state index in [1.165, 1.54) is 12.8 Å². The number of ketones is 1. The molecule has 2 aliphatic carbocycles. The Hall–Kier alpha value is -0.370. The number of rotatable bonds is 1. The van der Waals surface area contributed by atoms with E-state index in [0.29, 0.717) is 5.78 Å². The standard InChI is InChI=1S/C12H20O2/c13-11-7-3-1-5-9(11)10-6-2-4-8-12(10)14/h9-11,13H,1-8H2. The smallest absolute Gasteiger partial charge is 0.136 e. The van der Waals surface area contributed by atoms with Gasteiger partial charge in [-0.15, -0.1) is 0 Å². The maximum absolute atomic E-state index is 11.7. The van der Waals surface area contributed by atoms with Crippen molar-refractivity contribution in [2.45, 2.75) is 57.5 Å². The molecule has 0 aliphatic heterocycles. The summed E-state index contributed by atoms with van der Waals surface area (Å²) in [5.74, 6) is 0.901. The first-order valence-electron chi connectivity index (χ1n) is 6.00. The van der Waals surface area contributed by atoms with Gasteiger partial charge in [0.05, 0.1) is 6.10 Å². The average Bonchev–Trinajstić information content (AvgIpc) is 2.20. The lowest BCUT2D eigenvalue weighted by Gasteiger charge is -2.35. The molecular formula is C12H20O2. The number of carbonyl (C=O) groups excluding carboxylic acids is 1. The van der Waals surface area contributed by atoms with Crippen LogP contribution in [0.15, 0.2) is 0 Å². The van der Waals surface area contributed by atoms with Gasteiger partial charge >= 0.3 is 0 Å². The first-order chi connectivity index (χ1) is 6.79. The lowest BCUT2D eigenvalue weighted by atomic mass is 9.71. The number of aliphatic hydroxyl groups excluding tert-OH is 1. The van der Waals surface area contributed by atoms with Gasteiger partial charge in [-0.1, -0.05) is 19.3 Å². The van der Waals surface area contributed by atoms with Gasteiger partial charge in [0.25, 0.3) is 0 Å². The van der Waals surface area contributed by atoms with Gasteiger partial charge in [0, 0.05) is 12.3 Å². The molecule has 2 saturated carbocycles. The van der Waals surface area contributed by atoms with Crippen LogP contribution in [0.3, 0.4) is 0 Å². The summed E-state index contributed by atoms with van der Waals surface area (Å²) in [7, 11) is 0. The van der Waals surface area contributed by atoms with Crippen LogP contribution >= 0.6 is 0 Å². The lowest BCUT2D eigenvalue weighted by Crippen LogP contribution is -2.36. The molecule has 0 heterocycles. The highest BCUT2D eigenvalue weighted by Gasteiger charge is 2.35. The van der Waals surface area contributed by atoms with Gasteiger partial charge in [-0.25, -0.2) is 0 Å². The summed E-state index contributed by atoms with van der Waals surface area (Å²) in [6.07, 6.45) is 8.15. The minimum Gasteiger partial charge on any atom is -0.393 e. The van der Waals surface area contributed by atoms with E-state index in [1.807, 2.05) is 0 Å². The third kappa shape index (κ3) is 2.00. The third-order valence-electron chi connectivity index (χ3n) is 3.90. The van der Waals surface area contributed by atoms with Crippen LogP contribution in [-0.4, -0.2) is 17.0 Å². The van der Waals surface area contributed by atoms with Crippen LogP contribution in [0.25, 0.3) is 0 Å². The zero-order chi connectivity index (χ0) is 9.97. The van der Waals surface area contributed by atoms with E-state index in [2.05, 4.69) is 0 Å². The van der Waals surface area contributed by atoms with Crippen LogP contribution in [0.5, 0.6) is 0 Å². The molecule has 1 N–H and O–H groups in total. The molecule has 14 heavy (non-hydrogen) atoms. The largest absolute Gasteiger partial charge is 0.393 e. The SMILES string of the molecule is O=C1CCCCC1C1CCCCC1O. The number of hydrogen-bond donors (Lipinski definition) is 1. The predicted molar refractivity (Wildman–Crippen MR) is 54.9 cm³/mol. The zero-order valence-electron chi connectivity index (χ0n) is 8.74. The van der Waals surface area contributed by atoms with Crippen molar-refractivity contribution < 1.29 is 9.90 Å². The van der Waals surface area contributed by atoms with Crippen molar-refractivity contribution in [3.63, 3.8) is 0 Å². The number of aliphatic hydroxyl groups is 1. The Bertz CT molecular complexity index is 212. The van der Waals surface area contributed by atoms with Crippen molar-refractivity contribution in [2.24, 2.45) is 11.8 Å². The molecule has 2 aliphatic rings. The molecule has 2 heteroatoms. The maximum atomic E-state index is 11.7. The minimum absolute atomic E-state index is 0.194. The van der Waals surface area contributed by atoms with Crippen LogP contribution in [0.2, 0.25) is 0 Å². The molecule has 3 unspecified atom stereocenters. The summed E-state index contributed by atoms with van der Waals surface area (Å²) in [5.41, 5.74) is 0.